The lowest BCUT2D eigenvalue weighted by molar-refractivity contribution is -0.140. The normalized spacial score (nSPS) is 28.2. The van der Waals surface area contributed by atoms with Crippen molar-refractivity contribution < 1.29 is 18.3 Å². The molecule has 3 atom stereocenters. The molecule has 1 aliphatic carbocycles. The fourth-order valence-electron chi connectivity index (χ4n) is 4.00. The van der Waals surface area contributed by atoms with Crippen molar-refractivity contribution in [1.82, 2.24) is 4.72 Å². The van der Waals surface area contributed by atoms with Crippen LogP contribution in [0, 0.1) is 0 Å². The molecule has 0 amide bonds. The predicted molar refractivity (Wildman–Crippen MR) is 120 cm³/mol. The molecule has 6 nitrogen and oxygen atoms in total. The minimum absolute atomic E-state index is 0.128. The quantitative estimate of drug-likeness (QED) is 0.556. The van der Waals surface area contributed by atoms with E-state index in [0.29, 0.717) is 17.1 Å². The summed E-state index contributed by atoms with van der Waals surface area (Å²) in [5, 5.41) is 10.2. The van der Waals surface area contributed by atoms with Gasteiger partial charge in [-0.05, 0) is 36.1 Å². The van der Waals surface area contributed by atoms with Crippen molar-refractivity contribution in [3.05, 3.63) is 75.0 Å². The molecular weight excluding hydrogens is 444 g/mol. The first-order valence-electron chi connectivity index (χ1n) is 9.34. The van der Waals surface area contributed by atoms with Gasteiger partial charge in [-0.1, -0.05) is 61.0 Å². The number of nitrogens with one attached hydrogen (secondary N) is 1. The third kappa shape index (κ3) is 3.41. The number of rotatable bonds is 6. The van der Waals surface area contributed by atoms with Crippen molar-refractivity contribution >= 4 is 45.0 Å². The fraction of sp³-hybridized carbons (Fsp3) is 0.286. The highest BCUT2D eigenvalue weighted by atomic mass is 35.5. The summed E-state index contributed by atoms with van der Waals surface area (Å²) >= 11 is 7.15. The van der Waals surface area contributed by atoms with Crippen LogP contribution in [0.15, 0.2) is 58.8 Å². The number of hydrogen-bond acceptors (Lipinski definition) is 5. The van der Waals surface area contributed by atoms with Gasteiger partial charge in [-0.15, -0.1) is 11.8 Å². The number of halogens is 1. The van der Waals surface area contributed by atoms with Crippen LogP contribution in [0.2, 0.25) is 5.02 Å². The summed E-state index contributed by atoms with van der Waals surface area (Å²) in [6.07, 6.45) is 2.31. The van der Waals surface area contributed by atoms with E-state index in [4.69, 9.17) is 17.3 Å². The average Bonchev–Trinajstić information content (AvgIpc) is 3.07. The number of sulfonamides is 1. The molecule has 1 aliphatic heterocycles. The molecule has 1 heterocycles. The van der Waals surface area contributed by atoms with Crippen molar-refractivity contribution in [2.24, 2.45) is 0 Å². The van der Waals surface area contributed by atoms with Crippen LogP contribution < -0.4 is 10.5 Å². The molecule has 1 fully saturated rings. The van der Waals surface area contributed by atoms with E-state index in [-0.39, 0.29) is 15.9 Å². The molecule has 0 spiro atoms. The zero-order valence-electron chi connectivity index (χ0n) is 16.1. The predicted octanol–water partition coefficient (Wildman–Crippen LogP) is 4.05. The van der Waals surface area contributed by atoms with E-state index >= 15 is 0 Å². The summed E-state index contributed by atoms with van der Waals surface area (Å²) in [7, 11) is -4.00. The zero-order valence-corrected chi connectivity index (χ0v) is 18.5. The number of benzene rings is 2. The van der Waals surface area contributed by atoms with Crippen LogP contribution in [-0.4, -0.2) is 25.0 Å². The number of anilines is 1. The molecule has 2 aromatic carbocycles. The van der Waals surface area contributed by atoms with Crippen LogP contribution in [0.4, 0.5) is 5.69 Å². The minimum Gasteiger partial charge on any atom is -0.480 e. The van der Waals surface area contributed by atoms with E-state index in [9.17, 15) is 18.3 Å². The second-order valence-corrected chi connectivity index (χ2v) is 11.4. The molecule has 1 saturated carbocycles. The molecule has 0 saturated heterocycles. The van der Waals surface area contributed by atoms with Gasteiger partial charge in [0.1, 0.15) is 9.78 Å². The Morgan fingerprint density at radius 2 is 1.97 bits per heavy atom. The number of carbonyl (C=O) groups is 1. The van der Waals surface area contributed by atoms with E-state index in [1.165, 1.54) is 11.8 Å². The molecule has 2 aliphatic rings. The summed E-state index contributed by atoms with van der Waals surface area (Å²) < 4.78 is 28.8. The number of nitrogens with two attached hydrogens (primary N) is 1. The Kier molecular flexibility index (Phi) is 5.17. The van der Waals surface area contributed by atoms with Gasteiger partial charge >= 0.3 is 5.97 Å². The lowest BCUT2D eigenvalue weighted by Crippen LogP contribution is -2.48. The Labute approximate surface area is 184 Å². The summed E-state index contributed by atoms with van der Waals surface area (Å²) in [4.78, 5) is 12.1. The standard InChI is InChI=1S/C21H21ClN2O4S2/c1-20(14-5-3-2-4-6-14)12-21(20,19(25)26)24-30(27,28)18-10-9-17(29-18)13-7-8-15(22)16(23)11-13/h2-8,10-11,17,24H,9,12,23H2,1H3,(H,25,26)/t17?,20-,21-/m1/s1. The lowest BCUT2D eigenvalue weighted by Gasteiger charge is -2.21. The first-order chi connectivity index (χ1) is 14.1. The van der Waals surface area contributed by atoms with Crippen LogP contribution in [0.5, 0.6) is 0 Å². The highest BCUT2D eigenvalue weighted by Gasteiger charge is 2.72. The highest BCUT2D eigenvalue weighted by molar-refractivity contribution is 8.18. The maximum atomic E-state index is 13.1. The van der Waals surface area contributed by atoms with Gasteiger partial charge in [0.2, 0.25) is 10.0 Å². The van der Waals surface area contributed by atoms with Gasteiger partial charge in [0, 0.05) is 10.7 Å². The summed E-state index contributed by atoms with van der Waals surface area (Å²) in [5.74, 6) is -1.18. The van der Waals surface area contributed by atoms with Gasteiger partial charge in [0.05, 0.1) is 10.7 Å². The molecule has 4 N–H and O–H groups in total. The van der Waals surface area contributed by atoms with E-state index in [1.54, 1.807) is 25.1 Å². The van der Waals surface area contributed by atoms with E-state index in [2.05, 4.69) is 4.72 Å². The second kappa shape index (κ2) is 7.30. The third-order valence-corrected chi connectivity index (χ3v) is 9.69. The van der Waals surface area contributed by atoms with Gasteiger partial charge < -0.3 is 10.8 Å². The van der Waals surface area contributed by atoms with Gasteiger partial charge in [-0.25, -0.2) is 8.42 Å². The zero-order chi connectivity index (χ0) is 21.7. The van der Waals surface area contributed by atoms with Gasteiger partial charge in [0.15, 0.2) is 0 Å². The van der Waals surface area contributed by atoms with Crippen LogP contribution in [-0.2, 0) is 20.2 Å². The van der Waals surface area contributed by atoms with Crippen LogP contribution in [0.25, 0.3) is 0 Å². The van der Waals surface area contributed by atoms with Crippen molar-refractivity contribution in [2.75, 3.05) is 5.73 Å². The van der Waals surface area contributed by atoms with Crippen LogP contribution >= 0.6 is 23.4 Å². The van der Waals surface area contributed by atoms with Crippen molar-refractivity contribution in [3.63, 3.8) is 0 Å². The molecule has 0 aromatic heterocycles. The number of thioether (sulfide) groups is 1. The molecular formula is C21H21ClN2O4S2. The first kappa shape index (κ1) is 21.2. The van der Waals surface area contributed by atoms with Gasteiger partial charge in [-0.3, -0.25) is 4.79 Å². The number of nitrogen functional groups attached to an aromatic ring is 1. The molecule has 0 radical (unpaired) electrons. The Balaban J connectivity index is 1.55. The molecule has 1 unspecified atom stereocenters. The highest BCUT2D eigenvalue weighted by Crippen LogP contribution is 2.58. The number of aliphatic carboxylic acids is 1. The fourth-order valence-corrected chi connectivity index (χ4v) is 7.31. The monoisotopic (exact) mass is 464 g/mol. The van der Waals surface area contributed by atoms with Crippen molar-refractivity contribution in [2.45, 2.75) is 36.0 Å². The van der Waals surface area contributed by atoms with Gasteiger partial charge in [0.25, 0.3) is 0 Å². The van der Waals surface area contributed by atoms with Crippen molar-refractivity contribution in [1.29, 1.82) is 0 Å². The van der Waals surface area contributed by atoms with Crippen molar-refractivity contribution in [3.8, 4) is 0 Å². The summed E-state index contributed by atoms with van der Waals surface area (Å²) in [5.41, 5.74) is 5.57. The Bertz CT molecular complexity index is 1150. The van der Waals surface area contributed by atoms with Crippen LogP contribution in [0.1, 0.15) is 36.1 Å². The summed E-state index contributed by atoms with van der Waals surface area (Å²) in [6, 6.07) is 14.4. The molecule has 158 valence electrons. The maximum absolute atomic E-state index is 13.1. The topological polar surface area (TPSA) is 109 Å². The molecule has 9 heteroatoms. The van der Waals surface area contributed by atoms with Gasteiger partial charge in [-0.2, -0.15) is 4.72 Å². The third-order valence-electron chi connectivity index (χ3n) is 5.93. The largest absolute Gasteiger partial charge is 0.480 e. The van der Waals surface area contributed by atoms with E-state index < -0.39 is 26.9 Å². The number of carboxylic acid groups (broad SMARTS) is 1. The molecule has 4 rings (SSSR count). The lowest BCUT2D eigenvalue weighted by atomic mass is 9.93. The Morgan fingerprint density at radius 1 is 1.27 bits per heavy atom. The van der Waals surface area contributed by atoms with Crippen LogP contribution in [0.3, 0.4) is 0 Å². The second-order valence-electron chi connectivity index (χ2n) is 7.84. The number of carboxylic acids is 1. The average molecular weight is 465 g/mol. The number of allylic oxidation sites excluding steroid dienone is 1. The maximum Gasteiger partial charge on any atom is 0.325 e. The first-order valence-corrected chi connectivity index (χ1v) is 12.1. The molecule has 30 heavy (non-hydrogen) atoms. The Morgan fingerprint density at radius 3 is 2.60 bits per heavy atom. The molecule has 2 aromatic rings. The Hall–Kier alpha value is -2.00. The summed E-state index contributed by atoms with van der Waals surface area (Å²) in [6.45, 7) is 1.77. The minimum atomic E-state index is -4.00. The number of hydrogen-bond donors (Lipinski definition) is 3. The van der Waals surface area contributed by atoms with E-state index in [1.807, 2.05) is 36.4 Å². The van der Waals surface area contributed by atoms with E-state index in [0.717, 1.165) is 11.1 Å². The SMILES string of the molecule is C[C@]1(c2ccccc2)C[C@@]1(NS(=O)(=O)C1=CCC(c2ccc(Cl)c(N)c2)S1)C(=O)O. The smallest absolute Gasteiger partial charge is 0.325 e. The molecule has 0 bridgehead atoms.